The number of benzene rings is 1. The lowest BCUT2D eigenvalue weighted by Gasteiger charge is -2.11. The zero-order valence-corrected chi connectivity index (χ0v) is 14.6. The van der Waals surface area contributed by atoms with Crippen molar-refractivity contribution in [2.75, 3.05) is 5.32 Å². The minimum atomic E-state index is 0.687. The molecule has 0 aliphatic carbocycles. The largest absolute Gasteiger partial charge is 0.366 e. The second-order valence-electron chi connectivity index (χ2n) is 5.38. The topological polar surface area (TPSA) is 50.7 Å². The minimum Gasteiger partial charge on any atom is -0.366 e. The smallest absolute Gasteiger partial charge is 0.163 e. The van der Waals surface area contributed by atoms with E-state index in [0.717, 1.165) is 21.5 Å². The fourth-order valence-electron chi connectivity index (χ4n) is 2.30. The Balaban J connectivity index is 1.83. The van der Waals surface area contributed by atoms with Crippen molar-refractivity contribution in [1.82, 2.24) is 15.0 Å². The molecule has 0 atom stereocenters. The summed E-state index contributed by atoms with van der Waals surface area (Å²) < 4.78 is 1.08. The Morgan fingerprint density at radius 3 is 2.74 bits per heavy atom. The molecule has 2 aromatic heterocycles. The van der Waals surface area contributed by atoms with Gasteiger partial charge in [-0.25, -0.2) is 9.97 Å². The van der Waals surface area contributed by atoms with Crippen molar-refractivity contribution < 1.29 is 0 Å². The molecule has 1 N–H and O–H groups in total. The molecule has 116 valence electrons. The maximum Gasteiger partial charge on any atom is 0.163 e. The summed E-state index contributed by atoms with van der Waals surface area (Å²) in [5.74, 6) is 1.50. The number of halogens is 1. The van der Waals surface area contributed by atoms with Gasteiger partial charge < -0.3 is 5.32 Å². The average molecular weight is 369 g/mol. The van der Waals surface area contributed by atoms with Crippen LogP contribution in [0.4, 0.5) is 5.82 Å². The van der Waals surface area contributed by atoms with Gasteiger partial charge in [0.25, 0.3) is 0 Å². The van der Waals surface area contributed by atoms with Crippen molar-refractivity contribution in [2.45, 2.75) is 20.4 Å². The molecule has 0 bridgehead atoms. The predicted molar refractivity (Wildman–Crippen MR) is 96.2 cm³/mol. The van der Waals surface area contributed by atoms with Gasteiger partial charge in [-0.2, -0.15) is 0 Å². The summed E-state index contributed by atoms with van der Waals surface area (Å²) in [6.45, 7) is 4.79. The highest BCUT2D eigenvalue weighted by Gasteiger charge is 2.06. The van der Waals surface area contributed by atoms with E-state index >= 15 is 0 Å². The fraction of sp³-hybridized carbons (Fsp3) is 0.167. The predicted octanol–water partition coefficient (Wildman–Crippen LogP) is 4.53. The number of nitrogens with one attached hydrogen (secondary N) is 1. The van der Waals surface area contributed by atoms with E-state index in [1.165, 1.54) is 11.1 Å². The van der Waals surface area contributed by atoms with E-state index in [-0.39, 0.29) is 0 Å². The number of anilines is 1. The van der Waals surface area contributed by atoms with Gasteiger partial charge in [0.15, 0.2) is 5.82 Å². The van der Waals surface area contributed by atoms with E-state index in [4.69, 9.17) is 0 Å². The first-order valence-corrected chi connectivity index (χ1v) is 8.16. The molecule has 1 aromatic carbocycles. The van der Waals surface area contributed by atoms with Gasteiger partial charge in [-0.15, -0.1) is 0 Å². The maximum atomic E-state index is 4.60. The van der Waals surface area contributed by atoms with Crippen LogP contribution in [-0.4, -0.2) is 15.0 Å². The summed E-state index contributed by atoms with van der Waals surface area (Å²) in [6.07, 6.45) is 3.52. The summed E-state index contributed by atoms with van der Waals surface area (Å²) >= 11 is 3.52. The molecule has 5 heteroatoms. The lowest BCUT2D eigenvalue weighted by molar-refractivity contribution is 1.05. The Morgan fingerprint density at radius 2 is 1.96 bits per heavy atom. The molecule has 0 unspecified atom stereocenters. The molecular weight excluding hydrogens is 352 g/mol. The zero-order valence-electron chi connectivity index (χ0n) is 13.0. The van der Waals surface area contributed by atoms with Crippen LogP contribution in [0.25, 0.3) is 11.4 Å². The van der Waals surface area contributed by atoms with Crippen LogP contribution in [0.5, 0.6) is 0 Å². The standard InChI is InChI=1S/C18H17BrN4/c1-12-5-6-16(19)9-15(12)11-21-17-8-13(2)22-18(23-17)14-4-3-7-20-10-14/h3-10H,11H2,1-2H3,(H,21,22,23). The summed E-state index contributed by atoms with van der Waals surface area (Å²) in [5, 5.41) is 3.39. The van der Waals surface area contributed by atoms with E-state index in [9.17, 15) is 0 Å². The first-order valence-electron chi connectivity index (χ1n) is 7.37. The zero-order chi connectivity index (χ0) is 16.2. The Bertz CT molecular complexity index is 819. The quantitative estimate of drug-likeness (QED) is 0.734. The summed E-state index contributed by atoms with van der Waals surface area (Å²) in [6, 6.07) is 12.1. The van der Waals surface area contributed by atoms with E-state index in [0.29, 0.717) is 12.4 Å². The lowest BCUT2D eigenvalue weighted by Crippen LogP contribution is -2.05. The Morgan fingerprint density at radius 1 is 1.09 bits per heavy atom. The maximum absolute atomic E-state index is 4.60. The Kier molecular flexibility index (Phi) is 4.67. The number of nitrogens with zero attached hydrogens (tertiary/aromatic N) is 3. The first kappa shape index (κ1) is 15.6. The second kappa shape index (κ2) is 6.87. The van der Waals surface area contributed by atoms with E-state index < -0.39 is 0 Å². The Labute approximate surface area is 144 Å². The molecule has 2 heterocycles. The molecule has 0 aliphatic heterocycles. The third-order valence-corrected chi connectivity index (χ3v) is 4.04. The minimum absolute atomic E-state index is 0.687. The van der Waals surface area contributed by atoms with Crippen LogP contribution in [0, 0.1) is 13.8 Å². The van der Waals surface area contributed by atoms with Gasteiger partial charge in [0.2, 0.25) is 0 Å². The van der Waals surface area contributed by atoms with Crippen molar-refractivity contribution in [3.05, 3.63) is 70.1 Å². The lowest BCUT2D eigenvalue weighted by atomic mass is 10.1. The highest BCUT2D eigenvalue weighted by atomic mass is 79.9. The molecule has 0 saturated carbocycles. The number of hydrogen-bond donors (Lipinski definition) is 1. The third kappa shape index (κ3) is 3.93. The van der Waals surface area contributed by atoms with Crippen LogP contribution in [-0.2, 0) is 6.54 Å². The first-order chi connectivity index (χ1) is 11.1. The summed E-state index contributed by atoms with van der Waals surface area (Å²) in [4.78, 5) is 13.2. The number of aryl methyl sites for hydroxylation is 2. The van der Waals surface area contributed by atoms with Crippen LogP contribution in [0.1, 0.15) is 16.8 Å². The molecular formula is C18H17BrN4. The van der Waals surface area contributed by atoms with Crippen LogP contribution in [0.2, 0.25) is 0 Å². The molecule has 0 radical (unpaired) electrons. The number of aromatic nitrogens is 3. The highest BCUT2D eigenvalue weighted by Crippen LogP contribution is 2.19. The van der Waals surface area contributed by atoms with Gasteiger partial charge in [0, 0.05) is 40.7 Å². The van der Waals surface area contributed by atoms with Crippen LogP contribution in [0.15, 0.2) is 53.3 Å². The third-order valence-electron chi connectivity index (χ3n) is 3.55. The number of rotatable bonds is 4. The molecule has 0 fully saturated rings. The van der Waals surface area contributed by atoms with E-state index in [1.807, 2.05) is 31.2 Å². The summed E-state index contributed by atoms with van der Waals surface area (Å²) in [5.41, 5.74) is 4.32. The monoisotopic (exact) mass is 368 g/mol. The van der Waals surface area contributed by atoms with Crippen molar-refractivity contribution in [3.8, 4) is 11.4 Å². The van der Waals surface area contributed by atoms with Gasteiger partial charge in [0.1, 0.15) is 5.82 Å². The molecule has 0 amide bonds. The fourth-order valence-corrected chi connectivity index (χ4v) is 2.71. The van der Waals surface area contributed by atoms with Crippen molar-refractivity contribution in [3.63, 3.8) is 0 Å². The van der Waals surface area contributed by atoms with E-state index in [1.54, 1.807) is 12.4 Å². The second-order valence-corrected chi connectivity index (χ2v) is 6.30. The Hall–Kier alpha value is -2.27. The van der Waals surface area contributed by atoms with Crippen LogP contribution < -0.4 is 5.32 Å². The number of hydrogen-bond acceptors (Lipinski definition) is 4. The van der Waals surface area contributed by atoms with Gasteiger partial charge in [0.05, 0.1) is 0 Å². The molecule has 3 rings (SSSR count). The van der Waals surface area contributed by atoms with E-state index in [2.05, 4.69) is 55.3 Å². The van der Waals surface area contributed by atoms with Crippen molar-refractivity contribution in [1.29, 1.82) is 0 Å². The molecule has 3 aromatic rings. The summed E-state index contributed by atoms with van der Waals surface area (Å²) in [7, 11) is 0. The van der Waals surface area contributed by atoms with Gasteiger partial charge >= 0.3 is 0 Å². The van der Waals surface area contributed by atoms with Crippen molar-refractivity contribution >= 4 is 21.7 Å². The molecule has 23 heavy (non-hydrogen) atoms. The van der Waals surface area contributed by atoms with Crippen LogP contribution in [0.3, 0.4) is 0 Å². The highest BCUT2D eigenvalue weighted by molar-refractivity contribution is 9.10. The molecule has 0 saturated heterocycles. The number of pyridine rings is 1. The van der Waals surface area contributed by atoms with Gasteiger partial charge in [-0.3, -0.25) is 4.98 Å². The molecule has 0 spiro atoms. The van der Waals surface area contributed by atoms with Gasteiger partial charge in [-0.1, -0.05) is 22.0 Å². The average Bonchev–Trinajstić information content (AvgIpc) is 2.56. The SMILES string of the molecule is Cc1cc(NCc2cc(Br)ccc2C)nc(-c2cccnc2)n1. The normalized spacial score (nSPS) is 10.6. The van der Waals surface area contributed by atoms with Gasteiger partial charge in [-0.05, 0) is 49.2 Å². The van der Waals surface area contributed by atoms with Crippen LogP contribution >= 0.6 is 15.9 Å². The van der Waals surface area contributed by atoms with Crippen molar-refractivity contribution in [2.24, 2.45) is 0 Å². The molecule has 4 nitrogen and oxygen atoms in total. The molecule has 0 aliphatic rings.